The second-order valence-electron chi connectivity index (χ2n) is 4.05. The van der Waals surface area contributed by atoms with Crippen LogP contribution in [0.5, 0.6) is 0 Å². The average molecular weight is 201 g/mol. The number of carbonyl (C=O) groups is 1. The summed E-state index contributed by atoms with van der Waals surface area (Å²) in [5.74, 6) is 0. The van der Waals surface area contributed by atoms with Gasteiger partial charge in [0.05, 0.1) is 0 Å². The molecular formula is C10H23N3O. The van der Waals surface area contributed by atoms with Crippen molar-refractivity contribution in [2.45, 2.75) is 52.1 Å². The molecule has 84 valence electrons. The van der Waals surface area contributed by atoms with Gasteiger partial charge in [0, 0.05) is 18.1 Å². The molecule has 0 saturated carbocycles. The summed E-state index contributed by atoms with van der Waals surface area (Å²) >= 11 is 0. The van der Waals surface area contributed by atoms with Crippen molar-refractivity contribution in [1.29, 1.82) is 0 Å². The van der Waals surface area contributed by atoms with Crippen LogP contribution in [0.1, 0.15) is 40.5 Å². The van der Waals surface area contributed by atoms with Crippen LogP contribution in [0.25, 0.3) is 0 Å². The second-order valence-corrected chi connectivity index (χ2v) is 4.05. The molecule has 2 amide bonds. The van der Waals surface area contributed by atoms with Crippen LogP contribution in [0.2, 0.25) is 0 Å². The second kappa shape index (κ2) is 5.86. The lowest BCUT2D eigenvalue weighted by Gasteiger charge is -2.27. The first-order valence-corrected chi connectivity index (χ1v) is 5.26. The summed E-state index contributed by atoms with van der Waals surface area (Å²) in [4.78, 5) is 11.3. The van der Waals surface area contributed by atoms with Crippen molar-refractivity contribution in [3.8, 4) is 0 Å². The van der Waals surface area contributed by atoms with E-state index in [0.29, 0.717) is 6.54 Å². The number of amides is 2. The number of hydrogen-bond donors (Lipinski definition) is 3. The number of hydrogen-bond acceptors (Lipinski definition) is 2. The maximum absolute atomic E-state index is 11.3. The van der Waals surface area contributed by atoms with E-state index in [-0.39, 0.29) is 17.6 Å². The summed E-state index contributed by atoms with van der Waals surface area (Å²) in [7, 11) is 0. The molecule has 4 N–H and O–H groups in total. The lowest BCUT2D eigenvalue weighted by molar-refractivity contribution is 0.234. The van der Waals surface area contributed by atoms with Crippen molar-refractivity contribution in [2.75, 3.05) is 6.54 Å². The Morgan fingerprint density at radius 1 is 1.36 bits per heavy atom. The highest BCUT2D eigenvalue weighted by molar-refractivity contribution is 5.74. The van der Waals surface area contributed by atoms with Crippen LogP contribution in [-0.4, -0.2) is 24.2 Å². The van der Waals surface area contributed by atoms with E-state index in [4.69, 9.17) is 5.73 Å². The van der Waals surface area contributed by atoms with Crippen molar-refractivity contribution in [3.63, 3.8) is 0 Å². The van der Waals surface area contributed by atoms with Gasteiger partial charge in [0.25, 0.3) is 0 Å². The molecule has 0 rings (SSSR count). The van der Waals surface area contributed by atoms with Gasteiger partial charge in [0.15, 0.2) is 0 Å². The van der Waals surface area contributed by atoms with Gasteiger partial charge in [-0.2, -0.15) is 0 Å². The third-order valence-corrected chi connectivity index (χ3v) is 2.43. The standard InChI is InChI=1S/C10H23N3O/c1-5-10(11,6-2)7-12-9(14)13-8(3)4/h8H,5-7,11H2,1-4H3,(H2,12,13,14). The zero-order valence-corrected chi connectivity index (χ0v) is 9.68. The molecule has 0 saturated heterocycles. The number of rotatable bonds is 5. The van der Waals surface area contributed by atoms with E-state index < -0.39 is 0 Å². The fourth-order valence-electron chi connectivity index (χ4n) is 1.07. The van der Waals surface area contributed by atoms with Gasteiger partial charge in [-0.3, -0.25) is 0 Å². The summed E-state index contributed by atoms with van der Waals surface area (Å²) < 4.78 is 0. The number of nitrogens with one attached hydrogen (secondary N) is 2. The highest BCUT2D eigenvalue weighted by atomic mass is 16.2. The monoisotopic (exact) mass is 201 g/mol. The van der Waals surface area contributed by atoms with Gasteiger partial charge in [-0.05, 0) is 26.7 Å². The van der Waals surface area contributed by atoms with E-state index in [1.807, 2.05) is 27.7 Å². The molecule has 4 heteroatoms. The van der Waals surface area contributed by atoms with E-state index in [9.17, 15) is 4.79 Å². The molecule has 0 aliphatic heterocycles. The summed E-state index contributed by atoms with van der Waals surface area (Å²) in [6.07, 6.45) is 1.73. The Balaban J connectivity index is 3.86. The number of urea groups is 1. The fraction of sp³-hybridized carbons (Fsp3) is 0.900. The molecule has 0 atom stereocenters. The van der Waals surface area contributed by atoms with Gasteiger partial charge in [-0.1, -0.05) is 13.8 Å². The van der Waals surface area contributed by atoms with E-state index in [1.165, 1.54) is 0 Å². The van der Waals surface area contributed by atoms with Crippen molar-refractivity contribution in [2.24, 2.45) is 5.73 Å². The molecule has 0 aromatic heterocycles. The first-order valence-electron chi connectivity index (χ1n) is 5.26. The van der Waals surface area contributed by atoms with Crippen LogP contribution in [0, 0.1) is 0 Å². The maximum atomic E-state index is 11.3. The van der Waals surface area contributed by atoms with Gasteiger partial charge >= 0.3 is 6.03 Å². The molecule has 0 spiro atoms. The number of nitrogens with two attached hydrogens (primary N) is 1. The molecule has 0 aliphatic rings. The smallest absolute Gasteiger partial charge is 0.315 e. The van der Waals surface area contributed by atoms with E-state index in [0.717, 1.165) is 12.8 Å². The highest BCUT2D eigenvalue weighted by Gasteiger charge is 2.20. The zero-order valence-electron chi connectivity index (χ0n) is 9.68. The summed E-state index contributed by atoms with van der Waals surface area (Å²) in [5.41, 5.74) is 5.76. The summed E-state index contributed by atoms with van der Waals surface area (Å²) in [6, 6.07) is 0.0159. The first-order chi connectivity index (χ1) is 6.43. The molecule has 0 aliphatic carbocycles. The Morgan fingerprint density at radius 2 is 1.86 bits per heavy atom. The number of carbonyl (C=O) groups excluding carboxylic acids is 1. The topological polar surface area (TPSA) is 67.1 Å². The van der Waals surface area contributed by atoms with E-state index in [1.54, 1.807) is 0 Å². The van der Waals surface area contributed by atoms with Crippen molar-refractivity contribution in [3.05, 3.63) is 0 Å². The summed E-state index contributed by atoms with van der Waals surface area (Å²) in [5, 5.41) is 5.54. The Hall–Kier alpha value is -0.770. The Labute approximate surface area is 86.6 Å². The minimum atomic E-state index is -0.270. The largest absolute Gasteiger partial charge is 0.336 e. The van der Waals surface area contributed by atoms with Crippen molar-refractivity contribution < 1.29 is 4.79 Å². The predicted octanol–water partition coefficient (Wildman–Crippen LogP) is 1.21. The van der Waals surface area contributed by atoms with Gasteiger partial charge in [-0.25, -0.2) is 4.79 Å². The third-order valence-electron chi connectivity index (χ3n) is 2.43. The predicted molar refractivity (Wildman–Crippen MR) is 59.2 cm³/mol. The molecular weight excluding hydrogens is 178 g/mol. The maximum Gasteiger partial charge on any atom is 0.315 e. The lowest BCUT2D eigenvalue weighted by atomic mass is 9.94. The van der Waals surface area contributed by atoms with Crippen LogP contribution in [0.4, 0.5) is 4.79 Å². The Morgan fingerprint density at radius 3 is 2.21 bits per heavy atom. The summed E-state index contributed by atoms with van der Waals surface area (Å²) in [6.45, 7) is 8.44. The minimum absolute atomic E-state index is 0.142. The molecule has 0 aromatic carbocycles. The van der Waals surface area contributed by atoms with Crippen LogP contribution >= 0.6 is 0 Å². The molecule has 0 radical (unpaired) electrons. The Bertz CT molecular complexity index is 176. The molecule has 14 heavy (non-hydrogen) atoms. The lowest BCUT2D eigenvalue weighted by Crippen LogP contribution is -2.52. The van der Waals surface area contributed by atoms with Crippen LogP contribution in [0.3, 0.4) is 0 Å². The van der Waals surface area contributed by atoms with Crippen molar-refractivity contribution >= 4 is 6.03 Å². The van der Waals surface area contributed by atoms with Gasteiger partial charge < -0.3 is 16.4 Å². The van der Waals surface area contributed by atoms with Gasteiger partial charge in [-0.15, -0.1) is 0 Å². The molecule has 0 aromatic rings. The minimum Gasteiger partial charge on any atom is -0.336 e. The van der Waals surface area contributed by atoms with Crippen LogP contribution < -0.4 is 16.4 Å². The third kappa shape index (κ3) is 5.07. The van der Waals surface area contributed by atoms with Crippen LogP contribution in [0.15, 0.2) is 0 Å². The van der Waals surface area contributed by atoms with E-state index in [2.05, 4.69) is 10.6 Å². The quantitative estimate of drug-likeness (QED) is 0.626. The normalized spacial score (nSPS) is 11.6. The van der Waals surface area contributed by atoms with Gasteiger partial charge in [0.2, 0.25) is 0 Å². The highest BCUT2D eigenvalue weighted by Crippen LogP contribution is 2.08. The SMILES string of the molecule is CCC(N)(CC)CNC(=O)NC(C)C. The zero-order chi connectivity index (χ0) is 11.2. The average Bonchev–Trinajstić information content (AvgIpc) is 2.13. The molecule has 0 heterocycles. The fourth-order valence-corrected chi connectivity index (χ4v) is 1.07. The molecule has 4 nitrogen and oxygen atoms in total. The molecule has 0 bridgehead atoms. The van der Waals surface area contributed by atoms with E-state index >= 15 is 0 Å². The molecule has 0 fully saturated rings. The van der Waals surface area contributed by atoms with Gasteiger partial charge in [0.1, 0.15) is 0 Å². The van der Waals surface area contributed by atoms with Crippen LogP contribution in [-0.2, 0) is 0 Å². The Kier molecular flexibility index (Phi) is 5.53. The molecule has 0 unspecified atom stereocenters. The van der Waals surface area contributed by atoms with Crippen molar-refractivity contribution in [1.82, 2.24) is 10.6 Å². The first kappa shape index (κ1) is 13.2.